The van der Waals surface area contributed by atoms with Gasteiger partial charge in [-0.25, -0.2) is 4.39 Å². The predicted octanol–water partition coefficient (Wildman–Crippen LogP) is 3.84. The Labute approximate surface area is 220 Å². The maximum Gasteiger partial charge on any atom is 0.278 e. The Morgan fingerprint density at radius 3 is 2.68 bits per heavy atom. The van der Waals surface area contributed by atoms with Crippen LogP contribution in [0.5, 0.6) is 11.5 Å². The Morgan fingerprint density at radius 1 is 1.18 bits per heavy atom. The van der Waals surface area contributed by atoms with Crippen molar-refractivity contribution < 1.29 is 28.2 Å². The zero-order valence-electron chi connectivity index (χ0n) is 20.7. The second-order valence-electron chi connectivity index (χ2n) is 9.77. The van der Waals surface area contributed by atoms with E-state index in [1.54, 1.807) is 23.1 Å². The Balaban J connectivity index is 1.65. The van der Waals surface area contributed by atoms with Crippen LogP contribution in [0.1, 0.15) is 45.4 Å². The smallest absolute Gasteiger partial charge is 0.278 e. The Bertz CT molecular complexity index is 1530. The SMILES string of the molecule is COC1CC2(/C=C/COc3c(ccc(F)c3F)C(c3sccc3C)N3CN2C(=O)c2c(O)c(=O)ccn23)C1. The molecule has 2 aliphatic heterocycles. The van der Waals surface area contributed by atoms with Crippen molar-refractivity contribution in [3.63, 3.8) is 0 Å². The lowest BCUT2D eigenvalue weighted by molar-refractivity contribution is -0.0602. The third-order valence-electron chi connectivity index (χ3n) is 7.67. The number of aromatic hydroxyl groups is 1. The molecular weight excluding hydrogens is 516 g/mol. The predicted molar refractivity (Wildman–Crippen MR) is 136 cm³/mol. The van der Waals surface area contributed by atoms with Gasteiger partial charge in [0.15, 0.2) is 23.0 Å². The van der Waals surface area contributed by atoms with Crippen LogP contribution in [0.3, 0.4) is 0 Å². The summed E-state index contributed by atoms with van der Waals surface area (Å²) in [5, 5.41) is 14.5. The lowest BCUT2D eigenvalue weighted by atomic mass is 9.72. The summed E-state index contributed by atoms with van der Waals surface area (Å²) in [5.41, 5.74) is -0.430. The molecule has 1 saturated carbocycles. The summed E-state index contributed by atoms with van der Waals surface area (Å²) in [4.78, 5) is 28.8. The molecule has 0 radical (unpaired) electrons. The molecule has 6 rings (SSSR count). The van der Waals surface area contributed by atoms with Gasteiger partial charge >= 0.3 is 0 Å². The molecule has 2 aromatic heterocycles. The number of carbonyl (C=O) groups is 1. The highest BCUT2D eigenvalue weighted by atomic mass is 32.1. The maximum atomic E-state index is 15.3. The molecule has 1 N–H and O–H groups in total. The molecule has 1 atom stereocenters. The minimum Gasteiger partial charge on any atom is -0.502 e. The summed E-state index contributed by atoms with van der Waals surface area (Å²) in [5.74, 6) is -3.57. The van der Waals surface area contributed by atoms with Crippen molar-refractivity contribution in [3.8, 4) is 11.5 Å². The number of halogens is 2. The zero-order chi connectivity index (χ0) is 26.8. The van der Waals surface area contributed by atoms with Gasteiger partial charge in [-0.1, -0.05) is 6.08 Å². The summed E-state index contributed by atoms with van der Waals surface area (Å²) >= 11 is 1.42. The molecule has 1 aliphatic carbocycles. The van der Waals surface area contributed by atoms with Gasteiger partial charge in [0.25, 0.3) is 5.91 Å². The van der Waals surface area contributed by atoms with E-state index in [9.17, 15) is 19.1 Å². The van der Waals surface area contributed by atoms with E-state index in [1.165, 1.54) is 34.3 Å². The first-order valence-electron chi connectivity index (χ1n) is 12.1. The van der Waals surface area contributed by atoms with Crippen LogP contribution in [0, 0.1) is 18.6 Å². The average molecular weight is 542 g/mol. The number of benzene rings is 1. The van der Waals surface area contributed by atoms with E-state index in [0.29, 0.717) is 18.4 Å². The number of hydrogen-bond acceptors (Lipinski definition) is 7. The zero-order valence-corrected chi connectivity index (χ0v) is 21.5. The van der Waals surface area contributed by atoms with E-state index in [2.05, 4.69) is 0 Å². The lowest BCUT2D eigenvalue weighted by Crippen LogP contribution is -2.67. The Morgan fingerprint density at radius 2 is 1.97 bits per heavy atom. The van der Waals surface area contributed by atoms with Gasteiger partial charge in [0.2, 0.25) is 11.2 Å². The molecule has 3 aliphatic rings. The van der Waals surface area contributed by atoms with Crippen molar-refractivity contribution in [2.75, 3.05) is 25.4 Å². The van der Waals surface area contributed by atoms with E-state index in [0.717, 1.165) is 16.5 Å². The normalized spacial score (nSPS) is 25.2. The van der Waals surface area contributed by atoms with Crippen molar-refractivity contribution in [1.29, 1.82) is 0 Å². The first-order chi connectivity index (χ1) is 18.3. The third-order valence-corrected chi connectivity index (χ3v) is 8.74. The number of pyridine rings is 1. The van der Waals surface area contributed by atoms with Crippen LogP contribution >= 0.6 is 11.3 Å². The van der Waals surface area contributed by atoms with Gasteiger partial charge < -0.3 is 19.5 Å². The fourth-order valence-corrected chi connectivity index (χ4v) is 6.69. The van der Waals surface area contributed by atoms with Gasteiger partial charge in [-0.15, -0.1) is 11.3 Å². The molecular formula is C27H25F2N3O5S. The number of carbonyl (C=O) groups excluding carboxylic acids is 1. The number of rotatable bonds is 2. The number of amides is 1. The number of aryl methyl sites for hydroxylation is 1. The Hall–Kier alpha value is -3.70. The monoisotopic (exact) mass is 541 g/mol. The average Bonchev–Trinajstić information content (AvgIpc) is 3.29. The molecule has 8 nitrogen and oxygen atoms in total. The highest BCUT2D eigenvalue weighted by Crippen LogP contribution is 2.46. The second kappa shape index (κ2) is 8.95. The van der Waals surface area contributed by atoms with E-state index >= 15 is 4.39 Å². The minimum atomic E-state index is -1.11. The number of aromatic nitrogens is 1. The first kappa shape index (κ1) is 24.6. The summed E-state index contributed by atoms with van der Waals surface area (Å²) in [7, 11) is 1.60. The number of methoxy groups -OCH3 is 1. The number of thiophene rings is 1. The van der Waals surface area contributed by atoms with Gasteiger partial charge in [0.05, 0.1) is 11.6 Å². The Kier molecular flexibility index (Phi) is 5.80. The first-order valence-corrected chi connectivity index (χ1v) is 13.0. The van der Waals surface area contributed by atoms with Crippen LogP contribution in [0.25, 0.3) is 0 Å². The van der Waals surface area contributed by atoms with Crippen LogP contribution in [0.2, 0.25) is 0 Å². The van der Waals surface area contributed by atoms with Crippen LogP contribution in [-0.4, -0.2) is 52.6 Å². The topological polar surface area (TPSA) is 84.2 Å². The van der Waals surface area contributed by atoms with E-state index in [4.69, 9.17) is 9.47 Å². The van der Waals surface area contributed by atoms with Crippen LogP contribution < -0.4 is 15.2 Å². The largest absolute Gasteiger partial charge is 0.502 e. The summed E-state index contributed by atoms with van der Waals surface area (Å²) in [6, 6.07) is 4.87. The number of hydrogen-bond donors (Lipinski definition) is 1. The van der Waals surface area contributed by atoms with Gasteiger partial charge in [0.1, 0.15) is 19.3 Å². The van der Waals surface area contributed by atoms with E-state index in [-0.39, 0.29) is 30.8 Å². The molecule has 1 fully saturated rings. The molecule has 11 heteroatoms. The molecule has 3 aromatic rings. The van der Waals surface area contributed by atoms with Gasteiger partial charge in [-0.05, 0) is 42.1 Å². The third kappa shape index (κ3) is 3.56. The molecule has 198 valence electrons. The van der Waals surface area contributed by atoms with Crippen LogP contribution in [0.15, 0.2) is 52.8 Å². The quantitative estimate of drug-likeness (QED) is 0.497. The van der Waals surface area contributed by atoms with Crippen LogP contribution in [-0.2, 0) is 4.74 Å². The molecule has 1 unspecified atom stereocenters. The van der Waals surface area contributed by atoms with Crippen molar-refractivity contribution in [1.82, 2.24) is 9.58 Å². The molecule has 38 heavy (non-hydrogen) atoms. The molecule has 4 heterocycles. The standard InChI is InChI=1S/C27H25F2N3O5S/c1-15-7-11-38-25(15)21-17-4-5-18(28)20(29)24(17)37-10-3-8-27(12-16(13-27)36-2)30-14-32(21)31-9-6-19(33)23(34)22(31)26(30)35/h3-9,11,16,21,34H,10,12-14H2,1-2H3/b8-3+. The number of ether oxygens (including phenoxy) is 2. The lowest BCUT2D eigenvalue weighted by Gasteiger charge is -2.55. The summed E-state index contributed by atoms with van der Waals surface area (Å²) in [6.07, 6.45) is 5.79. The van der Waals surface area contributed by atoms with Gasteiger partial charge in [-0.3, -0.25) is 19.3 Å². The molecule has 0 saturated heterocycles. The summed E-state index contributed by atoms with van der Waals surface area (Å²) < 4.78 is 42.5. The van der Waals surface area contributed by atoms with Crippen molar-refractivity contribution in [2.24, 2.45) is 0 Å². The van der Waals surface area contributed by atoms with Crippen LogP contribution in [0.4, 0.5) is 8.78 Å². The van der Waals surface area contributed by atoms with Gasteiger partial charge in [0, 0.05) is 42.7 Å². The van der Waals surface area contributed by atoms with Crippen molar-refractivity contribution in [3.05, 3.63) is 91.6 Å². The molecule has 1 aromatic carbocycles. The highest BCUT2D eigenvalue weighted by molar-refractivity contribution is 7.10. The maximum absolute atomic E-state index is 15.3. The van der Waals surface area contributed by atoms with Crippen molar-refractivity contribution >= 4 is 17.2 Å². The van der Waals surface area contributed by atoms with E-state index < -0.39 is 40.3 Å². The number of nitrogens with zero attached hydrogens (tertiary/aromatic N) is 3. The number of fused-ring (bicyclic) bond motifs is 6. The van der Waals surface area contributed by atoms with E-state index in [1.807, 2.05) is 24.4 Å². The highest BCUT2D eigenvalue weighted by Gasteiger charge is 2.53. The van der Waals surface area contributed by atoms with Crippen molar-refractivity contribution in [2.45, 2.75) is 37.5 Å². The molecule has 1 amide bonds. The second-order valence-corrected chi connectivity index (χ2v) is 10.7. The fraction of sp³-hybridized carbons (Fsp3) is 0.333. The molecule has 1 spiro atoms. The fourth-order valence-electron chi connectivity index (χ4n) is 5.64. The minimum absolute atomic E-state index is 0.0371. The summed E-state index contributed by atoms with van der Waals surface area (Å²) in [6.45, 7) is 1.89. The molecule has 2 bridgehead atoms. The van der Waals surface area contributed by atoms with Gasteiger partial charge in [-0.2, -0.15) is 4.39 Å².